The van der Waals surface area contributed by atoms with Crippen molar-refractivity contribution in [2.75, 3.05) is 5.32 Å². The molecule has 0 amide bonds. The van der Waals surface area contributed by atoms with Gasteiger partial charge in [0.1, 0.15) is 5.58 Å². The fourth-order valence-corrected chi connectivity index (χ4v) is 2.96. The second kappa shape index (κ2) is 5.55. The van der Waals surface area contributed by atoms with Crippen LogP contribution in [0.3, 0.4) is 0 Å². The normalized spacial score (nSPS) is 12.0. The number of benzene rings is 3. The average Bonchev–Trinajstić information content (AvgIpc) is 2.96. The Morgan fingerprint density at radius 1 is 0.800 bits per heavy atom. The van der Waals surface area contributed by atoms with Gasteiger partial charge >= 0.3 is 6.18 Å². The van der Waals surface area contributed by atoms with Crippen LogP contribution in [-0.2, 0) is 6.18 Å². The van der Waals surface area contributed by atoms with E-state index in [2.05, 4.69) is 5.32 Å². The molecule has 3 aromatic carbocycles. The minimum absolute atomic E-state index is 0.567. The zero-order chi connectivity index (χ0) is 17.6. The first-order valence-electron chi connectivity index (χ1n) is 7.78. The number of alkyl halides is 3. The van der Waals surface area contributed by atoms with Crippen molar-refractivity contribution in [1.82, 2.24) is 0 Å². The third-order valence-electron chi connectivity index (χ3n) is 4.21. The van der Waals surface area contributed by atoms with E-state index in [4.69, 9.17) is 4.42 Å². The smallest absolute Gasteiger partial charge is 0.416 e. The lowest BCUT2D eigenvalue weighted by atomic mass is 10.1. The van der Waals surface area contributed by atoms with E-state index in [0.717, 1.165) is 34.1 Å². The topological polar surface area (TPSA) is 25.2 Å². The van der Waals surface area contributed by atoms with E-state index in [1.807, 2.05) is 43.3 Å². The Bertz CT molecular complexity index is 1060. The molecule has 0 aliphatic carbocycles. The zero-order valence-electron chi connectivity index (χ0n) is 13.3. The van der Waals surface area contributed by atoms with E-state index in [0.29, 0.717) is 17.0 Å². The zero-order valence-corrected chi connectivity index (χ0v) is 13.3. The highest BCUT2D eigenvalue weighted by atomic mass is 19.4. The second-order valence-corrected chi connectivity index (χ2v) is 5.94. The van der Waals surface area contributed by atoms with Gasteiger partial charge in [-0.15, -0.1) is 0 Å². The van der Waals surface area contributed by atoms with Crippen LogP contribution in [0.15, 0.2) is 65.1 Å². The van der Waals surface area contributed by atoms with Crippen molar-refractivity contribution < 1.29 is 17.6 Å². The van der Waals surface area contributed by atoms with Gasteiger partial charge in [-0.1, -0.05) is 30.3 Å². The van der Waals surface area contributed by atoms with Gasteiger partial charge < -0.3 is 9.73 Å². The van der Waals surface area contributed by atoms with Gasteiger partial charge in [-0.05, 0) is 42.8 Å². The number of para-hydroxylation sites is 2. The van der Waals surface area contributed by atoms with Crippen LogP contribution in [0.5, 0.6) is 0 Å². The van der Waals surface area contributed by atoms with Crippen LogP contribution in [0.2, 0.25) is 0 Å². The van der Waals surface area contributed by atoms with Crippen LogP contribution in [0, 0.1) is 6.92 Å². The van der Waals surface area contributed by atoms with Gasteiger partial charge in [0.25, 0.3) is 0 Å². The molecule has 1 aromatic heterocycles. The molecule has 0 unspecified atom stereocenters. The van der Waals surface area contributed by atoms with Gasteiger partial charge in [0.15, 0.2) is 5.58 Å². The van der Waals surface area contributed by atoms with E-state index in [-0.39, 0.29) is 0 Å². The first-order valence-corrected chi connectivity index (χ1v) is 7.78. The summed E-state index contributed by atoms with van der Waals surface area (Å²) in [4.78, 5) is 0. The maximum atomic E-state index is 12.7. The number of rotatable bonds is 2. The minimum Gasteiger partial charge on any atom is -0.454 e. The summed E-state index contributed by atoms with van der Waals surface area (Å²) in [5.74, 6) is 0. The monoisotopic (exact) mass is 341 g/mol. The number of halogens is 3. The molecule has 0 bridgehead atoms. The molecule has 1 heterocycles. The van der Waals surface area contributed by atoms with Crippen molar-refractivity contribution in [2.45, 2.75) is 13.1 Å². The van der Waals surface area contributed by atoms with Gasteiger partial charge in [-0.3, -0.25) is 0 Å². The van der Waals surface area contributed by atoms with Gasteiger partial charge in [0.2, 0.25) is 0 Å². The van der Waals surface area contributed by atoms with Crippen molar-refractivity contribution >= 4 is 33.3 Å². The first kappa shape index (κ1) is 15.6. The highest BCUT2D eigenvalue weighted by Crippen LogP contribution is 2.36. The molecular formula is C20H14F3NO. The van der Waals surface area contributed by atoms with Gasteiger partial charge in [0.05, 0.1) is 11.3 Å². The molecule has 0 aliphatic rings. The lowest BCUT2D eigenvalue weighted by Crippen LogP contribution is -2.04. The predicted octanol–water partition coefficient (Wildman–Crippen LogP) is 6.66. The Balaban J connectivity index is 1.77. The standard InChI is InChI=1S/C20H14F3NO/c1-12-4-2-5-15-16-6-3-7-17(19(16)25-18(12)15)24-14-10-8-13(9-11-14)20(21,22)23/h2-11,24H,1H3. The number of furan rings is 1. The molecule has 0 atom stereocenters. The Hall–Kier alpha value is -2.95. The fourth-order valence-electron chi connectivity index (χ4n) is 2.96. The van der Waals surface area contributed by atoms with Gasteiger partial charge in [-0.2, -0.15) is 13.2 Å². The van der Waals surface area contributed by atoms with E-state index in [9.17, 15) is 13.2 Å². The Morgan fingerprint density at radius 3 is 2.12 bits per heavy atom. The number of fused-ring (bicyclic) bond motifs is 3. The first-order chi connectivity index (χ1) is 11.9. The molecule has 0 fully saturated rings. The molecule has 126 valence electrons. The van der Waals surface area contributed by atoms with Crippen LogP contribution in [-0.4, -0.2) is 0 Å². The Kier molecular flexibility index (Phi) is 3.46. The van der Waals surface area contributed by atoms with Crippen molar-refractivity contribution in [2.24, 2.45) is 0 Å². The molecular weight excluding hydrogens is 327 g/mol. The fraction of sp³-hybridized carbons (Fsp3) is 0.100. The van der Waals surface area contributed by atoms with Crippen LogP contribution in [0.25, 0.3) is 21.9 Å². The van der Waals surface area contributed by atoms with Crippen LogP contribution in [0.4, 0.5) is 24.5 Å². The van der Waals surface area contributed by atoms with Crippen molar-refractivity contribution in [3.63, 3.8) is 0 Å². The molecule has 0 aliphatic heterocycles. The summed E-state index contributed by atoms with van der Waals surface area (Å²) < 4.78 is 44.0. The molecule has 0 saturated heterocycles. The van der Waals surface area contributed by atoms with Crippen molar-refractivity contribution in [1.29, 1.82) is 0 Å². The average molecular weight is 341 g/mol. The van der Waals surface area contributed by atoms with Gasteiger partial charge in [0, 0.05) is 16.5 Å². The number of anilines is 2. The number of nitrogens with one attached hydrogen (secondary N) is 1. The summed E-state index contributed by atoms with van der Waals surface area (Å²) in [6.07, 6.45) is -4.34. The van der Waals surface area contributed by atoms with Crippen molar-refractivity contribution in [3.8, 4) is 0 Å². The molecule has 0 saturated carbocycles. The summed E-state index contributed by atoms with van der Waals surface area (Å²) in [5.41, 5.74) is 3.15. The second-order valence-electron chi connectivity index (χ2n) is 5.94. The maximum absolute atomic E-state index is 12.7. The predicted molar refractivity (Wildman–Crippen MR) is 93.2 cm³/mol. The van der Waals surface area contributed by atoms with Crippen LogP contribution >= 0.6 is 0 Å². The minimum atomic E-state index is -4.34. The van der Waals surface area contributed by atoms with Gasteiger partial charge in [-0.25, -0.2) is 0 Å². The molecule has 5 heteroatoms. The van der Waals surface area contributed by atoms with E-state index in [1.165, 1.54) is 12.1 Å². The molecule has 4 rings (SSSR count). The quantitative estimate of drug-likeness (QED) is 0.441. The Labute approximate surface area is 141 Å². The lowest BCUT2D eigenvalue weighted by Gasteiger charge is -2.09. The number of hydrogen-bond acceptors (Lipinski definition) is 2. The molecule has 1 N–H and O–H groups in total. The van der Waals surface area contributed by atoms with E-state index >= 15 is 0 Å². The number of aryl methyl sites for hydroxylation is 1. The highest BCUT2D eigenvalue weighted by Gasteiger charge is 2.29. The summed E-state index contributed by atoms with van der Waals surface area (Å²) in [6.45, 7) is 1.98. The third kappa shape index (κ3) is 2.71. The summed E-state index contributed by atoms with van der Waals surface area (Å²) in [7, 11) is 0. The van der Waals surface area contributed by atoms with Crippen molar-refractivity contribution in [3.05, 3.63) is 71.8 Å². The molecule has 2 nitrogen and oxygen atoms in total. The van der Waals surface area contributed by atoms with E-state index < -0.39 is 11.7 Å². The highest BCUT2D eigenvalue weighted by molar-refractivity contribution is 6.09. The van der Waals surface area contributed by atoms with Crippen LogP contribution in [0.1, 0.15) is 11.1 Å². The van der Waals surface area contributed by atoms with E-state index in [1.54, 1.807) is 0 Å². The third-order valence-corrected chi connectivity index (χ3v) is 4.21. The Morgan fingerprint density at radius 2 is 1.44 bits per heavy atom. The maximum Gasteiger partial charge on any atom is 0.416 e. The van der Waals surface area contributed by atoms with Crippen LogP contribution < -0.4 is 5.32 Å². The summed E-state index contributed by atoms with van der Waals surface area (Å²) >= 11 is 0. The molecule has 0 radical (unpaired) electrons. The molecule has 0 spiro atoms. The largest absolute Gasteiger partial charge is 0.454 e. The molecule has 25 heavy (non-hydrogen) atoms. The number of hydrogen-bond donors (Lipinski definition) is 1. The summed E-state index contributed by atoms with van der Waals surface area (Å²) in [6, 6.07) is 16.6. The molecule has 4 aromatic rings. The lowest BCUT2D eigenvalue weighted by molar-refractivity contribution is -0.137. The SMILES string of the molecule is Cc1cccc2c1oc1c(Nc3ccc(C(F)(F)F)cc3)cccc12. The summed E-state index contributed by atoms with van der Waals surface area (Å²) in [5, 5.41) is 5.13.